The number of likely N-dealkylation sites (tertiary alicyclic amines) is 1. The Morgan fingerprint density at radius 1 is 1.15 bits per heavy atom. The second-order valence-electron chi connectivity index (χ2n) is 11.1. The van der Waals surface area contributed by atoms with Gasteiger partial charge in [-0.25, -0.2) is 9.78 Å². The number of anilines is 2. The fourth-order valence-electron chi connectivity index (χ4n) is 5.97. The molecule has 4 heterocycles. The van der Waals surface area contributed by atoms with E-state index < -0.39 is 30.6 Å². The summed E-state index contributed by atoms with van der Waals surface area (Å²) in [6, 6.07) is 8.18. The van der Waals surface area contributed by atoms with Crippen LogP contribution in [0.2, 0.25) is 0 Å². The summed E-state index contributed by atoms with van der Waals surface area (Å²) in [4.78, 5) is 20.7. The quantitative estimate of drug-likeness (QED) is 0.536. The molecule has 1 aromatic heterocycles. The Balaban J connectivity index is 1.55. The number of benzene rings is 1. The molecule has 3 aliphatic rings. The summed E-state index contributed by atoms with van der Waals surface area (Å²) in [5.74, 6) is 0.760. The van der Waals surface area contributed by atoms with Gasteiger partial charge < -0.3 is 30.3 Å². The van der Waals surface area contributed by atoms with Crippen molar-refractivity contribution in [1.82, 2.24) is 9.88 Å². The van der Waals surface area contributed by atoms with Crippen molar-refractivity contribution in [1.29, 1.82) is 0 Å². The Hall–Kier alpha value is -3.05. The van der Waals surface area contributed by atoms with Gasteiger partial charge in [-0.3, -0.25) is 0 Å². The van der Waals surface area contributed by atoms with Gasteiger partial charge in [0.25, 0.3) is 0 Å². The Bertz CT molecular complexity index is 1200. The van der Waals surface area contributed by atoms with E-state index in [1.807, 2.05) is 37.3 Å². The molecule has 2 aromatic rings. The van der Waals surface area contributed by atoms with Crippen molar-refractivity contribution < 1.29 is 27.4 Å². The summed E-state index contributed by atoms with van der Waals surface area (Å²) in [7, 11) is 0. The number of hydrogen-bond donors (Lipinski definition) is 2. The second-order valence-corrected chi connectivity index (χ2v) is 11.1. The molecule has 3 saturated heterocycles. The number of nitrogens with zero attached hydrogens (tertiary/aromatic N) is 3. The van der Waals surface area contributed by atoms with E-state index in [4.69, 9.17) is 20.2 Å². The predicted molar refractivity (Wildman–Crippen MR) is 143 cm³/mol. The summed E-state index contributed by atoms with van der Waals surface area (Å²) in [5, 5.41) is 3.56. The van der Waals surface area contributed by atoms with E-state index in [1.165, 1.54) is 4.90 Å². The number of ether oxygens (including phenoxy) is 2. The van der Waals surface area contributed by atoms with Crippen LogP contribution in [0.5, 0.6) is 0 Å². The molecule has 11 heteroatoms. The molecular weight excluding hydrogens is 511 g/mol. The molecule has 3 N–H and O–H groups in total. The first-order chi connectivity index (χ1) is 18.5. The topological polar surface area (TPSA) is 93.0 Å². The van der Waals surface area contributed by atoms with Gasteiger partial charge in [0.05, 0.1) is 31.4 Å². The summed E-state index contributed by atoms with van der Waals surface area (Å²) >= 11 is 0. The van der Waals surface area contributed by atoms with Crippen LogP contribution in [0.3, 0.4) is 0 Å². The van der Waals surface area contributed by atoms with Crippen LogP contribution in [0.4, 0.5) is 29.6 Å². The Morgan fingerprint density at radius 3 is 2.59 bits per heavy atom. The predicted octanol–water partition coefficient (Wildman–Crippen LogP) is 4.88. The minimum atomic E-state index is -4.33. The van der Waals surface area contributed by atoms with Crippen molar-refractivity contribution in [2.75, 3.05) is 56.3 Å². The number of hydrogen-bond acceptors (Lipinski definition) is 6. The fraction of sp³-hybridized carbons (Fsp3) is 0.571. The number of halogens is 3. The van der Waals surface area contributed by atoms with Crippen molar-refractivity contribution in [3.8, 4) is 11.1 Å². The van der Waals surface area contributed by atoms with E-state index in [2.05, 4.69) is 17.1 Å². The van der Waals surface area contributed by atoms with Gasteiger partial charge >= 0.3 is 12.2 Å². The molecule has 2 amide bonds. The summed E-state index contributed by atoms with van der Waals surface area (Å²) in [6.07, 6.45) is -4.19. The van der Waals surface area contributed by atoms with E-state index in [9.17, 15) is 18.0 Å². The molecule has 5 rings (SSSR count). The number of alkyl halides is 3. The van der Waals surface area contributed by atoms with Gasteiger partial charge in [-0.15, -0.1) is 0 Å². The molecule has 0 radical (unpaired) electrons. The number of amides is 2. The third-order valence-electron chi connectivity index (χ3n) is 8.01. The van der Waals surface area contributed by atoms with Gasteiger partial charge in [-0.05, 0) is 73.1 Å². The maximum Gasteiger partial charge on any atom is 0.389 e. The number of carbonyl (C=O) groups is 1. The van der Waals surface area contributed by atoms with Gasteiger partial charge in [0.1, 0.15) is 11.6 Å². The minimum absolute atomic E-state index is 0.203. The zero-order chi connectivity index (χ0) is 27.8. The van der Waals surface area contributed by atoms with Crippen LogP contribution in [-0.2, 0) is 9.47 Å². The number of morpholine rings is 1. The third-order valence-corrected chi connectivity index (χ3v) is 8.01. The second kappa shape index (κ2) is 10.8. The van der Waals surface area contributed by atoms with Gasteiger partial charge in [-0.2, -0.15) is 13.2 Å². The van der Waals surface area contributed by atoms with E-state index in [-0.39, 0.29) is 18.5 Å². The van der Waals surface area contributed by atoms with Crippen molar-refractivity contribution >= 4 is 17.7 Å². The lowest BCUT2D eigenvalue weighted by Crippen LogP contribution is -2.38. The maximum atomic E-state index is 13.4. The fourth-order valence-corrected chi connectivity index (χ4v) is 5.97. The van der Waals surface area contributed by atoms with Crippen LogP contribution >= 0.6 is 0 Å². The SMILES string of the molecule is Cc1ccc(C2C(CC(F)(F)F)CCN2C(N)=O)cc1-c1cc(NC2(C)CCOC2)nc(N2CCOCC2)c1. The Morgan fingerprint density at radius 2 is 1.92 bits per heavy atom. The molecule has 3 aliphatic heterocycles. The molecule has 0 spiro atoms. The summed E-state index contributed by atoms with van der Waals surface area (Å²) < 4.78 is 51.4. The lowest BCUT2D eigenvalue weighted by Gasteiger charge is -2.30. The molecular formula is C28H36F3N5O3. The van der Waals surface area contributed by atoms with Crippen LogP contribution in [0.25, 0.3) is 11.1 Å². The van der Waals surface area contributed by atoms with Crippen LogP contribution in [0.1, 0.15) is 43.4 Å². The minimum Gasteiger partial charge on any atom is -0.379 e. The first-order valence-electron chi connectivity index (χ1n) is 13.5. The third kappa shape index (κ3) is 6.24. The summed E-state index contributed by atoms with van der Waals surface area (Å²) in [5.41, 5.74) is 8.75. The van der Waals surface area contributed by atoms with E-state index in [0.29, 0.717) is 50.9 Å². The Labute approximate surface area is 226 Å². The first kappa shape index (κ1) is 27.5. The number of nitrogens with one attached hydrogen (secondary N) is 1. The number of nitrogens with two attached hydrogens (primary N) is 1. The molecule has 0 aliphatic carbocycles. The number of aryl methyl sites for hydroxylation is 1. The summed E-state index contributed by atoms with van der Waals surface area (Å²) in [6.45, 7) is 8.18. The van der Waals surface area contributed by atoms with Crippen molar-refractivity contribution in [2.45, 2.75) is 50.9 Å². The highest BCUT2D eigenvalue weighted by atomic mass is 19.4. The molecule has 0 bridgehead atoms. The van der Waals surface area contributed by atoms with Crippen LogP contribution in [-0.4, -0.2) is 73.7 Å². The first-order valence-corrected chi connectivity index (χ1v) is 13.5. The van der Waals surface area contributed by atoms with Crippen molar-refractivity contribution in [3.63, 3.8) is 0 Å². The number of rotatable bonds is 6. The number of carbonyl (C=O) groups excluding carboxylic acids is 1. The zero-order valence-corrected chi connectivity index (χ0v) is 22.4. The van der Waals surface area contributed by atoms with Crippen LogP contribution in [0, 0.1) is 12.8 Å². The molecule has 3 unspecified atom stereocenters. The molecule has 3 fully saturated rings. The largest absolute Gasteiger partial charge is 0.389 e. The molecule has 8 nitrogen and oxygen atoms in total. The molecule has 212 valence electrons. The highest BCUT2D eigenvalue weighted by Gasteiger charge is 2.43. The lowest BCUT2D eigenvalue weighted by molar-refractivity contribution is -0.146. The lowest BCUT2D eigenvalue weighted by atomic mass is 9.88. The van der Waals surface area contributed by atoms with Crippen molar-refractivity contribution in [2.24, 2.45) is 11.7 Å². The van der Waals surface area contributed by atoms with E-state index in [0.717, 1.165) is 28.9 Å². The van der Waals surface area contributed by atoms with Crippen LogP contribution < -0.4 is 16.0 Å². The standard InChI is InChI=1S/C28H36F3N5O3/c1-18-3-4-19(25-20(16-28(29,30)31)5-7-36(25)26(32)37)13-22(18)21-14-23(34-27(2)6-10-39-17-27)33-24(15-21)35-8-11-38-12-9-35/h3-4,13-15,20,25H,5-12,16-17H2,1-2H3,(H2,32,37)(H,33,34). The highest BCUT2D eigenvalue weighted by Crippen LogP contribution is 2.44. The zero-order valence-electron chi connectivity index (χ0n) is 22.4. The average molecular weight is 548 g/mol. The number of urea groups is 1. The normalized spacial score (nSPS) is 25.8. The molecule has 39 heavy (non-hydrogen) atoms. The molecule has 0 saturated carbocycles. The highest BCUT2D eigenvalue weighted by molar-refractivity contribution is 5.75. The van der Waals surface area contributed by atoms with Gasteiger partial charge in [-0.1, -0.05) is 12.1 Å². The smallest absolute Gasteiger partial charge is 0.379 e. The van der Waals surface area contributed by atoms with E-state index in [1.54, 1.807) is 0 Å². The number of pyridine rings is 1. The average Bonchev–Trinajstić information content (AvgIpc) is 3.50. The Kier molecular flexibility index (Phi) is 7.65. The number of primary amides is 1. The van der Waals surface area contributed by atoms with Gasteiger partial charge in [0.2, 0.25) is 0 Å². The van der Waals surface area contributed by atoms with Gasteiger partial charge in [0.15, 0.2) is 0 Å². The monoisotopic (exact) mass is 547 g/mol. The molecule has 1 aromatic carbocycles. The van der Waals surface area contributed by atoms with Crippen LogP contribution in [0.15, 0.2) is 30.3 Å². The molecule has 3 atom stereocenters. The van der Waals surface area contributed by atoms with E-state index >= 15 is 0 Å². The number of aromatic nitrogens is 1. The maximum absolute atomic E-state index is 13.4. The van der Waals surface area contributed by atoms with Gasteiger partial charge in [0, 0.05) is 32.7 Å². The van der Waals surface area contributed by atoms with Crippen molar-refractivity contribution in [3.05, 3.63) is 41.5 Å².